The van der Waals surface area contributed by atoms with Gasteiger partial charge < -0.3 is 10.2 Å². The zero-order chi connectivity index (χ0) is 25.5. The molecule has 8 heteroatoms. The van der Waals surface area contributed by atoms with Crippen molar-refractivity contribution in [1.29, 1.82) is 0 Å². The maximum Gasteiger partial charge on any atom is 0.245 e. The molecule has 0 spiro atoms. The number of nitrogens with one attached hydrogen (secondary N) is 1. The Morgan fingerprint density at radius 2 is 1.61 bits per heavy atom. The third kappa shape index (κ3) is 6.40. The van der Waals surface area contributed by atoms with Gasteiger partial charge in [0.15, 0.2) is 0 Å². The largest absolute Gasteiger partial charge is 0.330 e. The van der Waals surface area contributed by atoms with Crippen LogP contribution in [-0.2, 0) is 9.59 Å². The van der Waals surface area contributed by atoms with Crippen molar-refractivity contribution in [3.63, 3.8) is 0 Å². The molecule has 0 saturated carbocycles. The van der Waals surface area contributed by atoms with Gasteiger partial charge in [0.25, 0.3) is 0 Å². The molecular weight excluding hydrogens is 475 g/mol. The van der Waals surface area contributed by atoms with Crippen molar-refractivity contribution in [3.05, 3.63) is 96.8 Å². The lowest BCUT2D eigenvalue weighted by Gasteiger charge is -2.26. The molecule has 2 amide bonds. The van der Waals surface area contributed by atoms with E-state index >= 15 is 0 Å². The first-order chi connectivity index (χ1) is 17.4. The average Bonchev–Trinajstić information content (AvgIpc) is 3.31. The van der Waals surface area contributed by atoms with Gasteiger partial charge in [-0.3, -0.25) is 9.59 Å². The lowest BCUT2D eigenvalue weighted by atomic mass is 10.1. The summed E-state index contributed by atoms with van der Waals surface area (Å²) in [6.07, 6.45) is 0. The fourth-order valence-electron chi connectivity index (χ4n) is 3.64. The predicted octanol–water partition coefficient (Wildman–Crippen LogP) is 5.65. The first-order valence-corrected chi connectivity index (χ1v) is 12.6. The molecule has 0 aliphatic heterocycles. The molecule has 0 atom stereocenters. The Morgan fingerprint density at radius 3 is 2.25 bits per heavy atom. The van der Waals surface area contributed by atoms with Crippen LogP contribution in [-0.4, -0.2) is 44.8 Å². The molecule has 0 bridgehead atoms. The van der Waals surface area contributed by atoms with Crippen LogP contribution in [0.1, 0.15) is 13.8 Å². The summed E-state index contributed by atoms with van der Waals surface area (Å²) in [5.74, 6) is -0.156. The van der Waals surface area contributed by atoms with Crippen LogP contribution in [0.5, 0.6) is 0 Å². The Kier molecular flexibility index (Phi) is 8.17. The van der Waals surface area contributed by atoms with Crippen molar-refractivity contribution in [2.24, 2.45) is 0 Å². The van der Waals surface area contributed by atoms with Crippen LogP contribution >= 0.6 is 11.8 Å². The molecule has 3 aromatic carbocycles. The molecule has 0 aliphatic carbocycles. The summed E-state index contributed by atoms with van der Waals surface area (Å²) in [6, 6.07) is 26.7. The molecule has 0 radical (unpaired) electrons. The zero-order valence-corrected chi connectivity index (χ0v) is 20.9. The molecular formula is C28H27FN4O2S. The van der Waals surface area contributed by atoms with E-state index in [4.69, 9.17) is 0 Å². The van der Waals surface area contributed by atoms with Gasteiger partial charge in [-0.05, 0) is 50.2 Å². The van der Waals surface area contributed by atoms with Gasteiger partial charge >= 0.3 is 0 Å². The van der Waals surface area contributed by atoms with Crippen LogP contribution in [0.25, 0.3) is 16.9 Å². The monoisotopic (exact) mass is 502 g/mol. The van der Waals surface area contributed by atoms with E-state index in [2.05, 4.69) is 10.4 Å². The molecule has 4 aromatic rings. The summed E-state index contributed by atoms with van der Waals surface area (Å²) in [6.45, 7) is 3.67. The van der Waals surface area contributed by atoms with E-state index in [1.165, 1.54) is 23.9 Å². The number of thioether (sulfide) groups is 1. The summed E-state index contributed by atoms with van der Waals surface area (Å²) in [5.41, 5.74) is 2.14. The number of hydrogen-bond donors (Lipinski definition) is 1. The SMILES string of the molecule is CC(C)N(CC(=O)Nc1cc(-c2ccccc2)nn1-c1ccc(F)cc1)C(=O)CSc1ccccc1. The molecule has 1 N–H and O–H groups in total. The lowest BCUT2D eigenvalue weighted by molar-refractivity contribution is -0.134. The molecule has 0 fully saturated rings. The quantitative estimate of drug-likeness (QED) is 0.301. The van der Waals surface area contributed by atoms with Crippen molar-refractivity contribution in [1.82, 2.24) is 14.7 Å². The maximum absolute atomic E-state index is 13.5. The summed E-state index contributed by atoms with van der Waals surface area (Å²) in [4.78, 5) is 28.6. The number of anilines is 1. The van der Waals surface area contributed by atoms with Gasteiger partial charge in [0, 0.05) is 22.6 Å². The second-order valence-electron chi connectivity index (χ2n) is 8.43. The van der Waals surface area contributed by atoms with Crippen LogP contribution in [0, 0.1) is 5.82 Å². The summed E-state index contributed by atoms with van der Waals surface area (Å²) in [7, 11) is 0. The highest BCUT2D eigenvalue weighted by atomic mass is 32.2. The Balaban J connectivity index is 1.52. The Morgan fingerprint density at radius 1 is 0.972 bits per heavy atom. The summed E-state index contributed by atoms with van der Waals surface area (Å²) in [5, 5.41) is 7.54. The number of rotatable bonds is 9. The topological polar surface area (TPSA) is 67.2 Å². The van der Waals surface area contributed by atoms with E-state index in [-0.39, 0.29) is 36.0 Å². The van der Waals surface area contributed by atoms with Crippen molar-refractivity contribution < 1.29 is 14.0 Å². The van der Waals surface area contributed by atoms with Crippen LogP contribution in [0.15, 0.2) is 95.9 Å². The number of hydrogen-bond acceptors (Lipinski definition) is 4. The summed E-state index contributed by atoms with van der Waals surface area (Å²) >= 11 is 1.44. The van der Waals surface area contributed by atoms with Crippen molar-refractivity contribution in [2.45, 2.75) is 24.8 Å². The number of benzene rings is 3. The molecule has 1 heterocycles. The number of carbonyl (C=O) groups is 2. The maximum atomic E-state index is 13.5. The fraction of sp³-hybridized carbons (Fsp3) is 0.179. The second kappa shape index (κ2) is 11.7. The second-order valence-corrected chi connectivity index (χ2v) is 9.48. The van der Waals surface area contributed by atoms with Crippen molar-refractivity contribution in [3.8, 4) is 16.9 Å². The Labute approximate surface area is 214 Å². The predicted molar refractivity (Wildman–Crippen MR) is 142 cm³/mol. The standard InChI is InChI=1S/C28H27FN4O2S/c1-20(2)32(28(35)19-36-24-11-7-4-8-12-24)18-27(34)30-26-17-25(21-9-5-3-6-10-21)31-33(26)23-15-13-22(29)14-16-23/h3-17,20H,18-19H2,1-2H3,(H,30,34). The lowest BCUT2D eigenvalue weighted by Crippen LogP contribution is -2.43. The highest BCUT2D eigenvalue weighted by molar-refractivity contribution is 8.00. The van der Waals surface area contributed by atoms with Gasteiger partial charge in [0.2, 0.25) is 11.8 Å². The fourth-order valence-corrected chi connectivity index (χ4v) is 4.45. The summed E-state index contributed by atoms with van der Waals surface area (Å²) < 4.78 is 15.1. The minimum Gasteiger partial charge on any atom is -0.330 e. The van der Waals surface area contributed by atoms with Crippen LogP contribution in [0.3, 0.4) is 0 Å². The minimum absolute atomic E-state index is 0.0961. The van der Waals surface area contributed by atoms with E-state index in [0.717, 1.165) is 10.5 Å². The minimum atomic E-state index is -0.362. The van der Waals surface area contributed by atoms with E-state index < -0.39 is 0 Å². The third-order valence-corrected chi connectivity index (χ3v) is 6.48. The molecule has 184 valence electrons. The number of amides is 2. The number of halogens is 1. The molecule has 36 heavy (non-hydrogen) atoms. The van der Waals surface area contributed by atoms with Gasteiger partial charge in [0.05, 0.1) is 17.1 Å². The van der Waals surface area contributed by atoms with Gasteiger partial charge in [-0.25, -0.2) is 9.07 Å². The van der Waals surface area contributed by atoms with E-state index in [1.807, 2.05) is 74.5 Å². The third-order valence-electron chi connectivity index (χ3n) is 5.48. The van der Waals surface area contributed by atoms with Gasteiger partial charge in [-0.15, -0.1) is 11.8 Å². The highest BCUT2D eigenvalue weighted by Gasteiger charge is 2.22. The van der Waals surface area contributed by atoms with Crippen molar-refractivity contribution >= 4 is 29.4 Å². The smallest absolute Gasteiger partial charge is 0.245 e. The van der Waals surface area contributed by atoms with E-state index in [9.17, 15) is 14.0 Å². The van der Waals surface area contributed by atoms with E-state index in [0.29, 0.717) is 17.2 Å². The van der Waals surface area contributed by atoms with Crippen LogP contribution in [0.2, 0.25) is 0 Å². The molecule has 6 nitrogen and oxygen atoms in total. The number of nitrogens with zero attached hydrogens (tertiary/aromatic N) is 3. The average molecular weight is 503 g/mol. The van der Waals surface area contributed by atoms with Gasteiger partial charge in [-0.1, -0.05) is 48.5 Å². The highest BCUT2D eigenvalue weighted by Crippen LogP contribution is 2.25. The molecule has 0 aliphatic rings. The van der Waals surface area contributed by atoms with Crippen molar-refractivity contribution in [2.75, 3.05) is 17.6 Å². The molecule has 0 saturated heterocycles. The first kappa shape index (κ1) is 25.2. The number of carbonyl (C=O) groups excluding carboxylic acids is 2. The van der Waals surface area contributed by atoms with Crippen LogP contribution in [0.4, 0.5) is 10.2 Å². The van der Waals surface area contributed by atoms with Crippen LogP contribution < -0.4 is 5.32 Å². The van der Waals surface area contributed by atoms with Gasteiger partial charge in [0.1, 0.15) is 18.2 Å². The number of aromatic nitrogens is 2. The zero-order valence-electron chi connectivity index (χ0n) is 20.1. The molecule has 4 rings (SSSR count). The molecule has 1 aromatic heterocycles. The Bertz CT molecular complexity index is 1310. The Hall–Kier alpha value is -3.91. The van der Waals surface area contributed by atoms with E-state index in [1.54, 1.807) is 27.8 Å². The molecule has 0 unspecified atom stereocenters. The first-order valence-electron chi connectivity index (χ1n) is 11.6. The normalized spacial score (nSPS) is 10.9. The van der Waals surface area contributed by atoms with Gasteiger partial charge in [-0.2, -0.15) is 5.10 Å².